The number of hydrogen-bond donors (Lipinski definition) is 2. The number of nitrogen functional groups attached to an aromatic ring is 1. The Morgan fingerprint density at radius 2 is 2.00 bits per heavy atom. The molecule has 0 saturated heterocycles. The second kappa shape index (κ2) is 5.67. The Labute approximate surface area is 129 Å². The summed E-state index contributed by atoms with van der Waals surface area (Å²) in [4.78, 5) is 0.00361. The number of benzene rings is 1. The van der Waals surface area contributed by atoms with E-state index in [1.54, 1.807) is 45.2 Å². The van der Waals surface area contributed by atoms with Crippen LogP contribution in [0.4, 0.5) is 5.82 Å². The molecule has 8 heteroatoms. The van der Waals surface area contributed by atoms with Crippen molar-refractivity contribution in [2.75, 3.05) is 5.73 Å². The number of nitrogens with two attached hydrogens (primary N) is 1. The van der Waals surface area contributed by atoms with Crippen LogP contribution in [0.2, 0.25) is 5.02 Å². The van der Waals surface area contributed by atoms with Crippen LogP contribution >= 0.6 is 11.6 Å². The van der Waals surface area contributed by atoms with E-state index in [4.69, 9.17) is 17.3 Å². The Morgan fingerprint density at radius 1 is 1.38 bits per heavy atom. The van der Waals surface area contributed by atoms with Crippen molar-refractivity contribution in [3.8, 4) is 0 Å². The molecule has 21 heavy (non-hydrogen) atoms. The monoisotopic (exact) mass is 328 g/mol. The molecule has 0 aliphatic rings. The van der Waals surface area contributed by atoms with Crippen LogP contribution in [0.5, 0.6) is 0 Å². The van der Waals surface area contributed by atoms with Crippen molar-refractivity contribution in [3.05, 3.63) is 40.5 Å². The number of nitrogens with zero attached hydrogens (tertiary/aromatic N) is 2. The standard InChI is InChI=1S/C13H17ClN4O2S/c1-8(10-6-4-5-7-11(10)14)17-21(19,20)12-9(2)18(3)16-13(12)15/h4-8,17H,1-3H3,(H2,15,16). The summed E-state index contributed by atoms with van der Waals surface area (Å²) in [5, 5.41) is 4.43. The van der Waals surface area contributed by atoms with Crippen LogP contribution in [-0.2, 0) is 17.1 Å². The average molecular weight is 329 g/mol. The highest BCUT2D eigenvalue weighted by Gasteiger charge is 2.27. The maximum absolute atomic E-state index is 12.5. The van der Waals surface area contributed by atoms with Gasteiger partial charge in [0.1, 0.15) is 4.90 Å². The van der Waals surface area contributed by atoms with E-state index in [1.165, 1.54) is 4.68 Å². The van der Waals surface area contributed by atoms with Gasteiger partial charge < -0.3 is 5.73 Å². The van der Waals surface area contributed by atoms with Gasteiger partial charge >= 0.3 is 0 Å². The fourth-order valence-corrected chi connectivity index (χ4v) is 3.97. The lowest BCUT2D eigenvalue weighted by Crippen LogP contribution is -2.28. The lowest BCUT2D eigenvalue weighted by atomic mass is 10.1. The Morgan fingerprint density at radius 3 is 2.52 bits per heavy atom. The molecule has 0 spiro atoms. The fourth-order valence-electron chi connectivity index (χ4n) is 2.13. The minimum atomic E-state index is -3.78. The summed E-state index contributed by atoms with van der Waals surface area (Å²) in [5.74, 6) is -0.0196. The molecule has 2 aromatic rings. The molecule has 1 aromatic heterocycles. The molecule has 114 valence electrons. The minimum absolute atomic E-state index is 0.00361. The van der Waals surface area contributed by atoms with E-state index in [0.717, 1.165) is 0 Å². The summed E-state index contributed by atoms with van der Waals surface area (Å²) in [6.07, 6.45) is 0. The number of hydrogen-bond acceptors (Lipinski definition) is 4. The molecule has 1 unspecified atom stereocenters. The van der Waals surface area contributed by atoms with E-state index >= 15 is 0 Å². The molecule has 0 saturated carbocycles. The highest BCUT2D eigenvalue weighted by Crippen LogP contribution is 2.26. The molecule has 2 rings (SSSR count). The third-order valence-corrected chi connectivity index (χ3v) is 5.33. The average Bonchev–Trinajstić information content (AvgIpc) is 2.63. The zero-order valence-electron chi connectivity index (χ0n) is 12.0. The first-order valence-corrected chi connectivity index (χ1v) is 8.16. The Kier molecular flexibility index (Phi) is 4.27. The number of rotatable bonds is 4. The minimum Gasteiger partial charge on any atom is -0.381 e. The van der Waals surface area contributed by atoms with Crippen LogP contribution in [0.3, 0.4) is 0 Å². The summed E-state index contributed by atoms with van der Waals surface area (Å²) in [5.41, 5.74) is 6.87. The van der Waals surface area contributed by atoms with Crippen molar-refractivity contribution in [2.45, 2.75) is 24.8 Å². The number of aromatic nitrogens is 2. The van der Waals surface area contributed by atoms with Crippen LogP contribution in [-0.4, -0.2) is 18.2 Å². The molecule has 0 radical (unpaired) electrons. The molecule has 1 heterocycles. The largest absolute Gasteiger partial charge is 0.381 e. The van der Waals surface area contributed by atoms with E-state index < -0.39 is 16.1 Å². The molecule has 0 aliphatic heterocycles. The summed E-state index contributed by atoms with van der Waals surface area (Å²) in [6.45, 7) is 3.37. The van der Waals surface area contributed by atoms with Gasteiger partial charge in [0.15, 0.2) is 5.82 Å². The van der Waals surface area contributed by atoms with Crippen molar-refractivity contribution in [3.63, 3.8) is 0 Å². The van der Waals surface area contributed by atoms with Gasteiger partial charge in [0.05, 0.1) is 5.69 Å². The van der Waals surface area contributed by atoms with Gasteiger partial charge in [-0.15, -0.1) is 0 Å². The second-order valence-corrected chi connectivity index (χ2v) is 6.85. The molecule has 0 bridgehead atoms. The maximum Gasteiger partial charge on any atom is 0.246 e. The molecular weight excluding hydrogens is 312 g/mol. The van der Waals surface area contributed by atoms with Gasteiger partial charge in [-0.2, -0.15) is 5.10 Å². The van der Waals surface area contributed by atoms with Crippen molar-refractivity contribution < 1.29 is 8.42 Å². The number of nitrogens with one attached hydrogen (secondary N) is 1. The number of aryl methyl sites for hydroxylation is 1. The number of anilines is 1. The molecule has 6 nitrogen and oxygen atoms in total. The van der Waals surface area contributed by atoms with E-state index in [-0.39, 0.29) is 10.7 Å². The van der Waals surface area contributed by atoms with Crippen molar-refractivity contribution in [1.29, 1.82) is 0 Å². The zero-order chi connectivity index (χ0) is 15.8. The Bertz CT molecular complexity index is 770. The van der Waals surface area contributed by atoms with Crippen LogP contribution in [0.1, 0.15) is 24.2 Å². The van der Waals surface area contributed by atoms with Crippen molar-refractivity contribution in [1.82, 2.24) is 14.5 Å². The van der Waals surface area contributed by atoms with E-state index in [0.29, 0.717) is 16.3 Å². The van der Waals surface area contributed by atoms with Crippen LogP contribution in [0.15, 0.2) is 29.2 Å². The molecule has 1 atom stereocenters. The normalized spacial score (nSPS) is 13.3. The van der Waals surface area contributed by atoms with E-state index in [9.17, 15) is 8.42 Å². The lowest BCUT2D eigenvalue weighted by molar-refractivity contribution is 0.566. The predicted octanol–water partition coefficient (Wildman–Crippen LogP) is 2.00. The van der Waals surface area contributed by atoms with Gasteiger partial charge in [-0.1, -0.05) is 29.8 Å². The van der Waals surface area contributed by atoms with Crippen LogP contribution < -0.4 is 10.5 Å². The van der Waals surface area contributed by atoms with Gasteiger partial charge in [-0.3, -0.25) is 4.68 Å². The Balaban J connectivity index is 2.36. The Hall–Kier alpha value is -1.57. The first-order valence-electron chi connectivity index (χ1n) is 6.30. The van der Waals surface area contributed by atoms with Gasteiger partial charge in [-0.05, 0) is 25.5 Å². The number of sulfonamides is 1. The number of halogens is 1. The molecule has 0 aliphatic carbocycles. The summed E-state index contributed by atoms with van der Waals surface area (Å²) < 4.78 is 29.0. The second-order valence-electron chi connectivity index (χ2n) is 4.79. The fraction of sp³-hybridized carbons (Fsp3) is 0.308. The highest BCUT2D eigenvalue weighted by atomic mass is 35.5. The summed E-state index contributed by atoms with van der Waals surface area (Å²) in [7, 11) is -2.14. The maximum atomic E-state index is 12.5. The summed E-state index contributed by atoms with van der Waals surface area (Å²) in [6, 6.07) is 6.59. The molecule has 1 aromatic carbocycles. The van der Waals surface area contributed by atoms with Gasteiger partial charge in [-0.25, -0.2) is 13.1 Å². The molecule has 0 amide bonds. The van der Waals surface area contributed by atoms with Crippen LogP contribution in [0.25, 0.3) is 0 Å². The SMILES string of the molecule is Cc1c(S(=O)(=O)NC(C)c2ccccc2Cl)c(N)nn1C. The highest BCUT2D eigenvalue weighted by molar-refractivity contribution is 7.89. The predicted molar refractivity (Wildman–Crippen MR) is 82.5 cm³/mol. The molecular formula is C13H17ClN4O2S. The molecule has 0 fully saturated rings. The van der Waals surface area contributed by atoms with E-state index in [1.807, 2.05) is 0 Å². The smallest absolute Gasteiger partial charge is 0.246 e. The molecule has 3 N–H and O–H groups in total. The van der Waals surface area contributed by atoms with Gasteiger partial charge in [0, 0.05) is 18.1 Å². The zero-order valence-corrected chi connectivity index (χ0v) is 13.5. The van der Waals surface area contributed by atoms with Gasteiger partial charge in [0.2, 0.25) is 10.0 Å². The van der Waals surface area contributed by atoms with Crippen LogP contribution in [0, 0.1) is 6.92 Å². The third-order valence-electron chi connectivity index (χ3n) is 3.28. The van der Waals surface area contributed by atoms with Crippen molar-refractivity contribution >= 4 is 27.4 Å². The van der Waals surface area contributed by atoms with E-state index in [2.05, 4.69) is 9.82 Å². The topological polar surface area (TPSA) is 90.0 Å². The lowest BCUT2D eigenvalue weighted by Gasteiger charge is -2.16. The quantitative estimate of drug-likeness (QED) is 0.898. The third kappa shape index (κ3) is 3.04. The van der Waals surface area contributed by atoms with Crippen molar-refractivity contribution in [2.24, 2.45) is 7.05 Å². The first kappa shape index (κ1) is 15.8. The van der Waals surface area contributed by atoms with Gasteiger partial charge in [0.25, 0.3) is 0 Å². The summed E-state index contributed by atoms with van der Waals surface area (Å²) >= 11 is 6.08. The first-order chi connectivity index (χ1) is 9.74.